The summed E-state index contributed by atoms with van der Waals surface area (Å²) in [5.74, 6) is 0. The second-order valence-electron chi connectivity index (χ2n) is 8.06. The number of para-hydroxylation sites is 1. The van der Waals surface area contributed by atoms with Gasteiger partial charge in [0.1, 0.15) is 0 Å². The first-order valence-electron chi connectivity index (χ1n) is 10.7. The average Bonchev–Trinajstić information content (AvgIpc) is 3.04. The molecule has 1 aromatic heterocycles. The zero-order chi connectivity index (χ0) is 20.9. The SMILES string of the molecule is Cc1c(CN[C@H](C)CCc2ccccc2)c2ccccc2n1Cc1ccccc1Cl. The lowest BCUT2D eigenvalue weighted by Gasteiger charge is -2.15. The lowest BCUT2D eigenvalue weighted by molar-refractivity contribution is 0.513. The van der Waals surface area contributed by atoms with Crippen molar-refractivity contribution in [3.05, 3.63) is 106 Å². The smallest absolute Gasteiger partial charge is 0.0493 e. The van der Waals surface area contributed by atoms with Gasteiger partial charge in [0.05, 0.1) is 0 Å². The third-order valence-electron chi connectivity index (χ3n) is 5.98. The van der Waals surface area contributed by atoms with Crippen LogP contribution in [0.2, 0.25) is 5.02 Å². The van der Waals surface area contributed by atoms with Gasteiger partial charge in [-0.1, -0.05) is 78.3 Å². The molecule has 1 N–H and O–H groups in total. The molecule has 0 saturated carbocycles. The first-order chi connectivity index (χ1) is 14.6. The molecule has 0 aliphatic carbocycles. The lowest BCUT2D eigenvalue weighted by atomic mass is 10.1. The Morgan fingerprint density at radius 3 is 2.40 bits per heavy atom. The summed E-state index contributed by atoms with van der Waals surface area (Å²) < 4.78 is 2.39. The Morgan fingerprint density at radius 2 is 1.60 bits per heavy atom. The fraction of sp³-hybridized carbons (Fsp3) is 0.259. The van der Waals surface area contributed by atoms with Gasteiger partial charge >= 0.3 is 0 Å². The van der Waals surface area contributed by atoms with E-state index in [2.05, 4.69) is 90.5 Å². The van der Waals surface area contributed by atoms with Crippen molar-refractivity contribution in [2.24, 2.45) is 0 Å². The summed E-state index contributed by atoms with van der Waals surface area (Å²) in [7, 11) is 0. The van der Waals surface area contributed by atoms with Crippen LogP contribution in [-0.4, -0.2) is 10.6 Å². The van der Waals surface area contributed by atoms with Gasteiger partial charge in [0.15, 0.2) is 0 Å². The van der Waals surface area contributed by atoms with Crippen molar-refractivity contribution in [3.63, 3.8) is 0 Å². The Morgan fingerprint density at radius 1 is 0.900 bits per heavy atom. The fourth-order valence-electron chi connectivity index (χ4n) is 4.13. The quantitative estimate of drug-likeness (QED) is 0.335. The number of fused-ring (bicyclic) bond motifs is 1. The molecule has 2 nitrogen and oxygen atoms in total. The van der Waals surface area contributed by atoms with E-state index >= 15 is 0 Å². The third-order valence-corrected chi connectivity index (χ3v) is 6.35. The Hall–Kier alpha value is -2.55. The van der Waals surface area contributed by atoms with Crippen molar-refractivity contribution in [1.29, 1.82) is 0 Å². The van der Waals surface area contributed by atoms with E-state index in [1.807, 2.05) is 12.1 Å². The summed E-state index contributed by atoms with van der Waals surface area (Å²) in [6, 6.07) is 28.0. The maximum atomic E-state index is 6.45. The molecule has 1 heterocycles. The lowest BCUT2D eigenvalue weighted by Crippen LogP contribution is -2.26. The Kier molecular flexibility index (Phi) is 6.56. The standard InChI is InChI=1S/C27H29ClN2/c1-20(16-17-22-10-4-3-5-11-22)29-18-25-21(2)30(27-15-9-7-13-24(25)27)19-23-12-6-8-14-26(23)28/h3-15,20,29H,16-19H2,1-2H3/t20-/m1/s1. The number of halogens is 1. The minimum Gasteiger partial charge on any atom is -0.340 e. The number of hydrogen-bond acceptors (Lipinski definition) is 1. The highest BCUT2D eigenvalue weighted by molar-refractivity contribution is 6.31. The maximum Gasteiger partial charge on any atom is 0.0493 e. The number of nitrogens with one attached hydrogen (secondary N) is 1. The van der Waals surface area contributed by atoms with Crippen LogP contribution in [0.4, 0.5) is 0 Å². The minimum atomic E-state index is 0.454. The molecule has 0 amide bonds. The van der Waals surface area contributed by atoms with Crippen molar-refractivity contribution in [1.82, 2.24) is 9.88 Å². The van der Waals surface area contributed by atoms with Gasteiger partial charge in [-0.3, -0.25) is 0 Å². The molecule has 0 fully saturated rings. The van der Waals surface area contributed by atoms with Crippen LogP contribution >= 0.6 is 11.6 Å². The molecular formula is C27H29ClN2. The van der Waals surface area contributed by atoms with E-state index in [1.165, 1.54) is 27.7 Å². The van der Waals surface area contributed by atoms with Crippen molar-refractivity contribution in [2.45, 2.75) is 45.8 Å². The van der Waals surface area contributed by atoms with Gasteiger partial charge in [-0.25, -0.2) is 0 Å². The third kappa shape index (κ3) is 4.61. The van der Waals surface area contributed by atoms with E-state index in [0.717, 1.165) is 36.5 Å². The number of rotatable bonds is 8. The molecule has 154 valence electrons. The molecule has 4 aromatic rings. The minimum absolute atomic E-state index is 0.454. The summed E-state index contributed by atoms with van der Waals surface area (Å²) >= 11 is 6.45. The van der Waals surface area contributed by atoms with Crippen molar-refractivity contribution in [3.8, 4) is 0 Å². The zero-order valence-corrected chi connectivity index (χ0v) is 18.5. The van der Waals surface area contributed by atoms with Crippen LogP contribution in [0.25, 0.3) is 10.9 Å². The molecule has 0 spiro atoms. The first kappa shape index (κ1) is 20.7. The predicted octanol–water partition coefficient (Wildman–Crippen LogP) is 6.76. The van der Waals surface area contributed by atoms with Gasteiger partial charge in [0.2, 0.25) is 0 Å². The molecular weight excluding hydrogens is 388 g/mol. The van der Waals surface area contributed by atoms with E-state index in [1.54, 1.807) is 0 Å². The van der Waals surface area contributed by atoms with Crippen molar-refractivity contribution < 1.29 is 0 Å². The maximum absolute atomic E-state index is 6.45. The summed E-state index contributed by atoms with van der Waals surface area (Å²) in [4.78, 5) is 0. The topological polar surface area (TPSA) is 17.0 Å². The van der Waals surface area contributed by atoms with Crippen molar-refractivity contribution in [2.75, 3.05) is 0 Å². The van der Waals surface area contributed by atoms with Crippen LogP contribution in [-0.2, 0) is 19.5 Å². The second kappa shape index (κ2) is 9.51. The molecule has 0 aliphatic heterocycles. The molecule has 3 aromatic carbocycles. The van der Waals surface area contributed by atoms with E-state index in [-0.39, 0.29) is 0 Å². The van der Waals surface area contributed by atoms with Gasteiger partial charge < -0.3 is 9.88 Å². The average molecular weight is 417 g/mol. The number of hydrogen-bond donors (Lipinski definition) is 1. The Labute approximate surface area is 184 Å². The zero-order valence-electron chi connectivity index (χ0n) is 17.7. The summed E-state index contributed by atoms with van der Waals surface area (Å²) in [6.07, 6.45) is 2.23. The van der Waals surface area contributed by atoms with E-state index < -0.39 is 0 Å². The van der Waals surface area contributed by atoms with Gasteiger partial charge in [0.25, 0.3) is 0 Å². The monoisotopic (exact) mass is 416 g/mol. The van der Waals surface area contributed by atoms with Crippen LogP contribution in [0.1, 0.15) is 35.7 Å². The van der Waals surface area contributed by atoms with E-state index in [9.17, 15) is 0 Å². The summed E-state index contributed by atoms with van der Waals surface area (Å²) in [5.41, 5.74) is 6.50. The van der Waals surface area contributed by atoms with Crippen LogP contribution in [0.3, 0.4) is 0 Å². The Bertz CT molecular complexity index is 1110. The molecule has 0 aliphatic rings. The van der Waals surface area contributed by atoms with Gasteiger partial charge in [-0.05, 0) is 55.5 Å². The van der Waals surface area contributed by atoms with Crippen LogP contribution < -0.4 is 5.32 Å². The highest BCUT2D eigenvalue weighted by Crippen LogP contribution is 2.28. The highest BCUT2D eigenvalue weighted by Gasteiger charge is 2.15. The molecule has 1 atom stereocenters. The Balaban J connectivity index is 1.51. The number of aromatic nitrogens is 1. The van der Waals surface area contributed by atoms with Crippen LogP contribution in [0, 0.1) is 6.92 Å². The van der Waals surface area contributed by atoms with Gasteiger partial charge in [-0.15, -0.1) is 0 Å². The second-order valence-corrected chi connectivity index (χ2v) is 8.47. The van der Waals surface area contributed by atoms with Crippen LogP contribution in [0.5, 0.6) is 0 Å². The van der Waals surface area contributed by atoms with Gasteiger partial charge in [0, 0.05) is 40.8 Å². The molecule has 0 saturated heterocycles. The van der Waals surface area contributed by atoms with E-state index in [4.69, 9.17) is 11.6 Å². The van der Waals surface area contributed by atoms with Crippen molar-refractivity contribution >= 4 is 22.5 Å². The fourth-order valence-corrected chi connectivity index (χ4v) is 4.33. The highest BCUT2D eigenvalue weighted by atomic mass is 35.5. The summed E-state index contributed by atoms with van der Waals surface area (Å²) in [6.45, 7) is 6.16. The van der Waals surface area contributed by atoms with E-state index in [0.29, 0.717) is 6.04 Å². The number of nitrogens with zero attached hydrogens (tertiary/aromatic N) is 1. The number of aryl methyl sites for hydroxylation is 1. The predicted molar refractivity (Wildman–Crippen MR) is 128 cm³/mol. The van der Waals surface area contributed by atoms with Gasteiger partial charge in [-0.2, -0.15) is 0 Å². The molecule has 0 unspecified atom stereocenters. The normalized spacial score (nSPS) is 12.4. The molecule has 0 radical (unpaired) electrons. The van der Waals surface area contributed by atoms with Crippen LogP contribution in [0.15, 0.2) is 78.9 Å². The summed E-state index contributed by atoms with van der Waals surface area (Å²) in [5, 5.41) is 5.90. The molecule has 30 heavy (non-hydrogen) atoms. The largest absolute Gasteiger partial charge is 0.340 e. The first-order valence-corrected chi connectivity index (χ1v) is 11.1. The molecule has 3 heteroatoms. The molecule has 0 bridgehead atoms. The number of benzene rings is 3. The molecule has 4 rings (SSSR count).